The topological polar surface area (TPSA) is 96.6 Å². The van der Waals surface area contributed by atoms with Gasteiger partial charge in [0.15, 0.2) is 21.3 Å². The summed E-state index contributed by atoms with van der Waals surface area (Å²) in [5.41, 5.74) is -0.819. The molecule has 0 spiro atoms. The van der Waals surface area contributed by atoms with Gasteiger partial charge in [0.05, 0.1) is 23.7 Å². The Balaban J connectivity index is 1.95. The second kappa shape index (κ2) is 4.90. The Kier molecular flexibility index (Phi) is 3.30. The molecule has 1 aromatic carbocycles. The van der Waals surface area contributed by atoms with E-state index < -0.39 is 21.4 Å². The maximum absolute atomic E-state index is 11.7. The summed E-state index contributed by atoms with van der Waals surface area (Å²) in [5.74, 6) is 0.711. The highest BCUT2D eigenvalue weighted by molar-refractivity contribution is 7.91. The van der Waals surface area contributed by atoms with Gasteiger partial charge in [-0.05, 0) is 24.1 Å². The van der Waals surface area contributed by atoms with E-state index in [0.717, 1.165) is 0 Å². The lowest BCUT2D eigenvalue weighted by Gasteiger charge is -2.27. The number of nitriles is 1. The molecule has 2 unspecified atom stereocenters. The van der Waals surface area contributed by atoms with Gasteiger partial charge in [-0.2, -0.15) is 5.26 Å². The van der Waals surface area contributed by atoms with Crippen molar-refractivity contribution >= 4 is 9.84 Å². The number of aliphatic hydroxyl groups is 1. The van der Waals surface area contributed by atoms with Gasteiger partial charge in [0.25, 0.3) is 0 Å². The summed E-state index contributed by atoms with van der Waals surface area (Å²) < 4.78 is 34.2. The molecule has 112 valence electrons. The van der Waals surface area contributed by atoms with E-state index >= 15 is 0 Å². The van der Waals surface area contributed by atoms with Crippen LogP contribution < -0.4 is 9.47 Å². The first kappa shape index (κ1) is 14.2. The van der Waals surface area contributed by atoms with Gasteiger partial charge in [-0.3, -0.25) is 0 Å². The van der Waals surface area contributed by atoms with E-state index in [0.29, 0.717) is 30.3 Å². The van der Waals surface area contributed by atoms with Crippen LogP contribution in [0.15, 0.2) is 18.2 Å². The summed E-state index contributed by atoms with van der Waals surface area (Å²) >= 11 is 0. The molecule has 1 aromatic rings. The lowest BCUT2D eigenvalue weighted by atomic mass is 9.80. The molecular formula is C14H15NO5S. The van der Waals surface area contributed by atoms with Gasteiger partial charge in [-0.1, -0.05) is 6.07 Å². The largest absolute Gasteiger partial charge is 0.486 e. The van der Waals surface area contributed by atoms with Crippen molar-refractivity contribution in [2.75, 3.05) is 24.7 Å². The first-order chi connectivity index (χ1) is 9.96. The first-order valence-corrected chi connectivity index (χ1v) is 8.47. The molecule has 2 heterocycles. The summed E-state index contributed by atoms with van der Waals surface area (Å²) in [5, 5.41) is 19.9. The normalized spacial score (nSPS) is 27.8. The quantitative estimate of drug-likeness (QED) is 0.868. The smallest absolute Gasteiger partial charge is 0.161 e. The highest BCUT2D eigenvalue weighted by Gasteiger charge is 2.48. The monoisotopic (exact) mass is 309 g/mol. The molecular weight excluding hydrogens is 294 g/mol. The third-order valence-electron chi connectivity index (χ3n) is 3.96. The van der Waals surface area contributed by atoms with Gasteiger partial charge in [0, 0.05) is 0 Å². The van der Waals surface area contributed by atoms with E-state index in [-0.39, 0.29) is 17.9 Å². The molecule has 0 bridgehead atoms. The van der Waals surface area contributed by atoms with Crippen LogP contribution in [0.2, 0.25) is 0 Å². The van der Waals surface area contributed by atoms with Crippen LogP contribution in [0, 0.1) is 16.7 Å². The van der Waals surface area contributed by atoms with Gasteiger partial charge < -0.3 is 14.6 Å². The van der Waals surface area contributed by atoms with Crippen LogP contribution in [0.25, 0.3) is 0 Å². The summed E-state index contributed by atoms with van der Waals surface area (Å²) in [6.07, 6.45) is -1.03. The lowest BCUT2D eigenvalue weighted by molar-refractivity contribution is 0.0785. The predicted molar refractivity (Wildman–Crippen MR) is 73.7 cm³/mol. The number of nitrogens with zero attached hydrogens (tertiary/aromatic N) is 1. The second-order valence-corrected chi connectivity index (χ2v) is 7.60. The van der Waals surface area contributed by atoms with Gasteiger partial charge >= 0.3 is 0 Å². The highest BCUT2D eigenvalue weighted by atomic mass is 32.2. The fourth-order valence-electron chi connectivity index (χ4n) is 2.79. The summed E-state index contributed by atoms with van der Waals surface area (Å²) in [6.45, 7) is 0.888. The molecule has 2 aliphatic heterocycles. The molecule has 6 nitrogen and oxygen atoms in total. The zero-order chi connectivity index (χ0) is 15.1. The van der Waals surface area contributed by atoms with Crippen molar-refractivity contribution in [3.8, 4) is 17.6 Å². The van der Waals surface area contributed by atoms with Crippen LogP contribution in [0.1, 0.15) is 18.1 Å². The Morgan fingerprint density at radius 1 is 1.29 bits per heavy atom. The van der Waals surface area contributed by atoms with Crippen LogP contribution in [0.3, 0.4) is 0 Å². The average molecular weight is 309 g/mol. The minimum Gasteiger partial charge on any atom is -0.486 e. The number of benzene rings is 1. The maximum atomic E-state index is 11.7. The molecule has 21 heavy (non-hydrogen) atoms. The van der Waals surface area contributed by atoms with Crippen molar-refractivity contribution in [1.82, 2.24) is 0 Å². The van der Waals surface area contributed by atoms with Gasteiger partial charge in [0.2, 0.25) is 0 Å². The van der Waals surface area contributed by atoms with E-state index in [9.17, 15) is 18.8 Å². The second-order valence-electron chi connectivity index (χ2n) is 5.42. The van der Waals surface area contributed by atoms with E-state index in [4.69, 9.17) is 9.47 Å². The van der Waals surface area contributed by atoms with Gasteiger partial charge in [0.1, 0.15) is 18.6 Å². The molecule has 0 aliphatic carbocycles. The van der Waals surface area contributed by atoms with Crippen molar-refractivity contribution < 1.29 is 23.0 Å². The van der Waals surface area contributed by atoms with Crippen molar-refractivity contribution in [2.24, 2.45) is 5.41 Å². The van der Waals surface area contributed by atoms with Crippen LogP contribution >= 0.6 is 0 Å². The van der Waals surface area contributed by atoms with E-state index in [1.54, 1.807) is 18.2 Å². The minimum atomic E-state index is -3.27. The lowest BCUT2D eigenvalue weighted by Crippen LogP contribution is -2.29. The molecule has 1 fully saturated rings. The Morgan fingerprint density at radius 2 is 2.00 bits per heavy atom. The van der Waals surface area contributed by atoms with Crippen molar-refractivity contribution in [3.63, 3.8) is 0 Å². The summed E-state index contributed by atoms with van der Waals surface area (Å²) in [7, 11) is -3.27. The predicted octanol–water partition coefficient (Wildman–Crippen LogP) is 0.820. The maximum Gasteiger partial charge on any atom is 0.161 e. The van der Waals surface area contributed by atoms with Crippen LogP contribution in [0.5, 0.6) is 11.5 Å². The summed E-state index contributed by atoms with van der Waals surface area (Å²) in [6, 6.07) is 6.93. The zero-order valence-electron chi connectivity index (χ0n) is 11.3. The van der Waals surface area contributed by atoms with E-state index in [1.165, 1.54) is 0 Å². The van der Waals surface area contributed by atoms with Gasteiger partial charge in [-0.15, -0.1) is 0 Å². The molecule has 1 N–H and O–H groups in total. The Morgan fingerprint density at radius 3 is 2.62 bits per heavy atom. The van der Waals surface area contributed by atoms with Crippen molar-refractivity contribution in [1.29, 1.82) is 5.26 Å². The molecule has 1 saturated heterocycles. The Bertz CT molecular complexity index is 709. The van der Waals surface area contributed by atoms with Crippen LogP contribution in [-0.4, -0.2) is 38.2 Å². The van der Waals surface area contributed by atoms with Crippen LogP contribution in [-0.2, 0) is 9.84 Å². The third-order valence-corrected chi connectivity index (χ3v) is 5.75. The number of fused-ring (bicyclic) bond motifs is 1. The molecule has 0 amide bonds. The Labute approximate surface area is 122 Å². The number of aliphatic hydroxyl groups excluding tert-OH is 1. The number of hydrogen-bond acceptors (Lipinski definition) is 6. The van der Waals surface area contributed by atoms with Crippen molar-refractivity contribution in [2.45, 2.75) is 12.5 Å². The number of rotatable bonds is 2. The fourth-order valence-corrected chi connectivity index (χ4v) is 4.76. The third kappa shape index (κ3) is 2.45. The highest BCUT2D eigenvalue weighted by Crippen LogP contribution is 2.44. The molecule has 3 rings (SSSR count). The molecule has 2 aliphatic rings. The summed E-state index contributed by atoms with van der Waals surface area (Å²) in [4.78, 5) is 0. The molecule has 0 saturated carbocycles. The van der Waals surface area contributed by atoms with Crippen molar-refractivity contribution in [3.05, 3.63) is 23.8 Å². The van der Waals surface area contributed by atoms with Gasteiger partial charge in [-0.25, -0.2) is 8.42 Å². The molecule has 0 radical (unpaired) electrons. The number of hydrogen-bond donors (Lipinski definition) is 1. The zero-order valence-corrected chi connectivity index (χ0v) is 12.1. The fraction of sp³-hybridized carbons (Fsp3) is 0.500. The Hall–Kier alpha value is -1.78. The molecule has 2 atom stereocenters. The number of sulfone groups is 1. The number of ether oxygens (including phenoxy) is 2. The average Bonchev–Trinajstić information content (AvgIpc) is 2.82. The van der Waals surface area contributed by atoms with E-state index in [2.05, 4.69) is 0 Å². The first-order valence-electron chi connectivity index (χ1n) is 6.65. The molecule has 7 heteroatoms. The van der Waals surface area contributed by atoms with E-state index in [1.807, 2.05) is 6.07 Å². The minimum absolute atomic E-state index is 0.0673. The molecule has 0 aromatic heterocycles. The SMILES string of the molecule is N#CC1(C(O)c2ccc3c(c2)OCCO3)CCS(=O)(=O)C1. The standard InChI is InChI=1S/C14H15NO5S/c15-8-14(3-6-21(17,18)9-14)13(16)10-1-2-11-12(7-10)20-5-4-19-11/h1-2,7,13,16H,3-6,9H2. The van der Waals surface area contributed by atoms with Crippen LogP contribution in [0.4, 0.5) is 0 Å².